The fourth-order valence-electron chi connectivity index (χ4n) is 4.44. The highest BCUT2D eigenvalue weighted by Gasteiger charge is 2.23. The lowest BCUT2D eigenvalue weighted by molar-refractivity contribution is -0.119. The molecule has 0 radical (unpaired) electrons. The molecule has 1 atom stereocenters. The zero-order valence-corrected chi connectivity index (χ0v) is 20.7. The van der Waals surface area contributed by atoms with E-state index in [4.69, 9.17) is 4.74 Å². The number of rotatable bonds is 7. The van der Waals surface area contributed by atoms with Crippen LogP contribution in [0.2, 0.25) is 0 Å². The lowest BCUT2D eigenvalue weighted by Crippen LogP contribution is -2.33. The fraction of sp³-hybridized carbons (Fsp3) is 0.250. The van der Waals surface area contributed by atoms with Crippen LogP contribution in [0, 0.1) is 13.8 Å². The number of carbonyl (C=O) groups is 1. The molecule has 7 heteroatoms. The van der Waals surface area contributed by atoms with Gasteiger partial charge in [0, 0.05) is 18.4 Å². The van der Waals surface area contributed by atoms with Crippen molar-refractivity contribution < 1.29 is 9.53 Å². The molecule has 1 aromatic heterocycles. The van der Waals surface area contributed by atoms with Crippen LogP contribution >= 0.6 is 11.8 Å². The summed E-state index contributed by atoms with van der Waals surface area (Å²) in [5.41, 5.74) is 5.57. The Kier molecular flexibility index (Phi) is 6.86. The quantitative estimate of drug-likeness (QED) is 0.365. The van der Waals surface area contributed by atoms with E-state index in [9.17, 15) is 4.79 Å². The van der Waals surface area contributed by atoms with Gasteiger partial charge in [-0.25, -0.2) is 0 Å². The van der Waals surface area contributed by atoms with E-state index in [2.05, 4.69) is 64.3 Å². The average Bonchev–Trinajstić information content (AvgIpc) is 3.25. The van der Waals surface area contributed by atoms with Crippen LogP contribution in [-0.2, 0) is 11.2 Å². The van der Waals surface area contributed by atoms with E-state index < -0.39 is 0 Å². The summed E-state index contributed by atoms with van der Waals surface area (Å²) < 4.78 is 7.81. The predicted octanol–water partition coefficient (Wildman–Crippen LogP) is 5.21. The molecule has 1 aliphatic heterocycles. The minimum absolute atomic E-state index is 0.0310. The van der Waals surface area contributed by atoms with Gasteiger partial charge in [0.1, 0.15) is 11.6 Å². The van der Waals surface area contributed by atoms with Crippen molar-refractivity contribution in [1.82, 2.24) is 20.1 Å². The van der Waals surface area contributed by atoms with Crippen molar-refractivity contribution in [2.75, 3.05) is 12.4 Å². The number of amides is 1. The van der Waals surface area contributed by atoms with Gasteiger partial charge in [-0.3, -0.25) is 9.36 Å². The van der Waals surface area contributed by atoms with Crippen LogP contribution in [0.15, 0.2) is 78.0 Å². The number of para-hydroxylation sites is 1. The molecule has 0 spiro atoms. The minimum atomic E-state index is -0.0427. The van der Waals surface area contributed by atoms with Crippen molar-refractivity contribution in [3.63, 3.8) is 0 Å². The first-order valence-corrected chi connectivity index (χ1v) is 12.8. The summed E-state index contributed by atoms with van der Waals surface area (Å²) in [6.07, 6.45) is 1.42. The third kappa shape index (κ3) is 5.25. The van der Waals surface area contributed by atoms with Gasteiger partial charge in [0.05, 0.1) is 24.1 Å². The van der Waals surface area contributed by atoms with Gasteiger partial charge in [0.15, 0.2) is 5.16 Å². The molecule has 0 fully saturated rings. The van der Waals surface area contributed by atoms with Gasteiger partial charge in [0.25, 0.3) is 0 Å². The van der Waals surface area contributed by atoms with E-state index in [1.54, 1.807) is 0 Å². The number of carbonyl (C=O) groups excluding carboxylic acids is 1. The van der Waals surface area contributed by atoms with Crippen LogP contribution in [0.1, 0.15) is 40.5 Å². The Balaban J connectivity index is 1.36. The van der Waals surface area contributed by atoms with E-state index in [0.29, 0.717) is 18.2 Å². The summed E-state index contributed by atoms with van der Waals surface area (Å²) in [7, 11) is 0. The van der Waals surface area contributed by atoms with Crippen molar-refractivity contribution in [3.05, 3.63) is 101 Å². The molecule has 2 heterocycles. The number of thioether (sulfide) groups is 1. The summed E-state index contributed by atoms with van der Waals surface area (Å²) in [5.74, 6) is 1.92. The highest BCUT2D eigenvalue weighted by atomic mass is 32.2. The first kappa shape index (κ1) is 23.2. The van der Waals surface area contributed by atoms with Crippen LogP contribution in [0.5, 0.6) is 5.75 Å². The summed E-state index contributed by atoms with van der Waals surface area (Å²) in [6, 6.07) is 24.4. The number of fused-ring (bicyclic) bond motifs is 1. The molecular weight excluding hydrogens is 456 g/mol. The minimum Gasteiger partial charge on any atom is -0.493 e. The smallest absolute Gasteiger partial charge is 0.230 e. The first-order valence-electron chi connectivity index (χ1n) is 11.8. The Labute approximate surface area is 209 Å². The van der Waals surface area contributed by atoms with Gasteiger partial charge in [-0.2, -0.15) is 0 Å². The second kappa shape index (κ2) is 10.4. The summed E-state index contributed by atoms with van der Waals surface area (Å²) in [5, 5.41) is 12.9. The molecule has 6 nitrogen and oxygen atoms in total. The van der Waals surface area contributed by atoms with Crippen molar-refractivity contribution in [1.29, 1.82) is 0 Å². The lowest BCUT2D eigenvalue weighted by Gasteiger charge is -2.26. The second-order valence-electron chi connectivity index (χ2n) is 8.77. The largest absolute Gasteiger partial charge is 0.493 e. The lowest BCUT2D eigenvalue weighted by atomic mass is 10.0. The summed E-state index contributed by atoms with van der Waals surface area (Å²) in [4.78, 5) is 12.9. The molecular formula is C28H28N4O2S. The van der Waals surface area contributed by atoms with Crippen LogP contribution in [0.3, 0.4) is 0 Å². The maximum atomic E-state index is 12.9. The number of nitrogens with one attached hydrogen (secondary N) is 1. The molecule has 5 rings (SSSR count). The molecule has 35 heavy (non-hydrogen) atoms. The van der Waals surface area contributed by atoms with E-state index in [1.165, 1.54) is 22.9 Å². The van der Waals surface area contributed by atoms with Gasteiger partial charge in [-0.1, -0.05) is 78.0 Å². The third-order valence-corrected chi connectivity index (χ3v) is 7.05. The standard InChI is InChI=1S/C28H28N4O2S/c1-19-12-13-24(20(2)16-19)32-26(17-21-8-4-3-5-9-21)30-31-28(32)35-18-27(33)29-23-14-15-34-25-11-7-6-10-22(23)25/h3-13,16,23H,14-15,17-18H2,1-2H3,(H,29,33). The van der Waals surface area contributed by atoms with Crippen LogP contribution < -0.4 is 10.1 Å². The van der Waals surface area contributed by atoms with Crippen LogP contribution in [0.25, 0.3) is 5.69 Å². The molecule has 4 aromatic rings. The van der Waals surface area contributed by atoms with Crippen LogP contribution in [0.4, 0.5) is 0 Å². The Morgan fingerprint density at radius 1 is 1.06 bits per heavy atom. The predicted molar refractivity (Wildman–Crippen MR) is 138 cm³/mol. The second-order valence-corrected chi connectivity index (χ2v) is 9.71. The van der Waals surface area contributed by atoms with Gasteiger partial charge in [-0.15, -0.1) is 10.2 Å². The highest BCUT2D eigenvalue weighted by molar-refractivity contribution is 7.99. The Morgan fingerprint density at radius 3 is 2.69 bits per heavy atom. The maximum Gasteiger partial charge on any atom is 0.230 e. The fourth-order valence-corrected chi connectivity index (χ4v) is 5.22. The molecule has 0 saturated heterocycles. The molecule has 1 unspecified atom stereocenters. The van der Waals surface area contributed by atoms with E-state index in [0.717, 1.165) is 34.8 Å². The van der Waals surface area contributed by atoms with Gasteiger partial charge >= 0.3 is 0 Å². The van der Waals surface area contributed by atoms with E-state index in [-0.39, 0.29) is 17.7 Å². The van der Waals surface area contributed by atoms with Crippen LogP contribution in [-0.4, -0.2) is 33.0 Å². The van der Waals surface area contributed by atoms with Crippen molar-refractivity contribution in [3.8, 4) is 11.4 Å². The Hall–Kier alpha value is -3.58. The van der Waals surface area contributed by atoms with E-state index >= 15 is 0 Å². The topological polar surface area (TPSA) is 69.0 Å². The Bertz CT molecular complexity index is 1340. The van der Waals surface area contributed by atoms with Gasteiger partial charge < -0.3 is 10.1 Å². The summed E-state index contributed by atoms with van der Waals surface area (Å²) in [6.45, 7) is 4.78. The number of nitrogens with zero attached hydrogens (tertiary/aromatic N) is 3. The van der Waals surface area contributed by atoms with Crippen molar-refractivity contribution in [2.45, 2.75) is 37.9 Å². The molecule has 0 saturated carbocycles. The van der Waals surface area contributed by atoms with Gasteiger partial charge in [0.2, 0.25) is 5.91 Å². The number of aryl methyl sites for hydroxylation is 2. The number of benzene rings is 3. The maximum absolute atomic E-state index is 12.9. The molecule has 0 bridgehead atoms. The van der Waals surface area contributed by atoms with Crippen molar-refractivity contribution in [2.24, 2.45) is 0 Å². The van der Waals surface area contributed by atoms with E-state index in [1.807, 2.05) is 42.5 Å². The normalized spacial score (nSPS) is 14.7. The van der Waals surface area contributed by atoms with Crippen molar-refractivity contribution >= 4 is 17.7 Å². The zero-order chi connectivity index (χ0) is 24.2. The number of hydrogen-bond acceptors (Lipinski definition) is 5. The first-order chi connectivity index (χ1) is 17.1. The Morgan fingerprint density at radius 2 is 1.86 bits per heavy atom. The number of hydrogen-bond donors (Lipinski definition) is 1. The molecule has 0 aliphatic carbocycles. The number of ether oxygens (including phenoxy) is 1. The molecule has 1 aliphatic rings. The monoisotopic (exact) mass is 484 g/mol. The molecule has 1 N–H and O–H groups in total. The summed E-state index contributed by atoms with van der Waals surface area (Å²) >= 11 is 1.41. The average molecular weight is 485 g/mol. The molecule has 178 valence electrons. The SMILES string of the molecule is Cc1ccc(-n2c(Cc3ccccc3)nnc2SCC(=O)NC2CCOc3ccccc32)c(C)c1. The molecule has 3 aromatic carbocycles. The van der Waals surface area contributed by atoms with Gasteiger partial charge in [-0.05, 0) is 37.1 Å². The third-order valence-electron chi connectivity index (χ3n) is 6.12. The molecule has 1 amide bonds. The zero-order valence-electron chi connectivity index (χ0n) is 19.9. The highest BCUT2D eigenvalue weighted by Crippen LogP contribution is 2.32. The number of aromatic nitrogens is 3.